The maximum Gasteiger partial charge on any atom is 0.306 e. The maximum absolute atomic E-state index is 13.1. The Morgan fingerprint density at radius 2 is 0.811 bits per heavy atom. The Morgan fingerprint density at radius 3 is 1.31 bits per heavy atom. The molecule has 2 saturated heterocycles. The lowest BCUT2D eigenvalue weighted by atomic mass is 9.98. The van der Waals surface area contributed by atoms with Gasteiger partial charge in [0.25, 0.3) is 0 Å². The van der Waals surface area contributed by atoms with Crippen LogP contribution >= 0.6 is 0 Å². The van der Waals surface area contributed by atoms with E-state index >= 15 is 0 Å². The molecule has 11 unspecified atom stereocenters. The zero-order valence-corrected chi connectivity index (χ0v) is 45.8. The number of aliphatic hydroxyl groups excluding tert-OH is 7. The maximum atomic E-state index is 13.1. The number of hydrogen-bond acceptors (Lipinski definition) is 15. The van der Waals surface area contributed by atoms with E-state index in [2.05, 4.69) is 62.5 Å². The molecule has 15 heteroatoms. The third-order valence-electron chi connectivity index (χ3n) is 13.8. The van der Waals surface area contributed by atoms with Crippen molar-refractivity contribution in [2.75, 3.05) is 26.4 Å². The molecule has 2 aliphatic rings. The zero-order valence-electron chi connectivity index (χ0n) is 45.8. The van der Waals surface area contributed by atoms with Crippen molar-refractivity contribution in [3.63, 3.8) is 0 Å². The normalized spacial score (nSPS) is 25.0. The molecular weight excluding hydrogens is 949 g/mol. The number of rotatable bonds is 46. The van der Waals surface area contributed by atoms with Gasteiger partial charge in [0.2, 0.25) is 0 Å². The SMILES string of the molecule is CCCCC/C=C\C/C=C\C/C=C\CCCCCCCCC(=O)OC(COC(=O)CCCCCCCCCCC/C=C\CCCCCCCC)COC1OC(COC2OC(CO)C(O)C(O)C2O)C(O)C(O)C1O. The van der Waals surface area contributed by atoms with E-state index < -0.39 is 92.7 Å². The lowest BCUT2D eigenvalue weighted by Crippen LogP contribution is -2.61. The molecule has 2 fully saturated rings. The predicted molar refractivity (Wildman–Crippen MR) is 289 cm³/mol. The molecule has 0 saturated carbocycles. The van der Waals surface area contributed by atoms with Gasteiger partial charge in [0, 0.05) is 12.8 Å². The lowest BCUT2D eigenvalue weighted by Gasteiger charge is -2.42. The summed E-state index contributed by atoms with van der Waals surface area (Å²) < 4.78 is 33.7. The molecule has 0 radical (unpaired) electrons. The van der Waals surface area contributed by atoms with E-state index in [9.17, 15) is 45.3 Å². The Morgan fingerprint density at radius 1 is 0.432 bits per heavy atom. The van der Waals surface area contributed by atoms with Gasteiger partial charge >= 0.3 is 11.9 Å². The first kappa shape index (κ1) is 67.6. The van der Waals surface area contributed by atoms with Gasteiger partial charge in [-0.1, -0.05) is 178 Å². The van der Waals surface area contributed by atoms with E-state index in [4.69, 9.17) is 28.4 Å². The highest BCUT2D eigenvalue weighted by molar-refractivity contribution is 5.70. The molecule has 0 aromatic rings. The Bertz CT molecular complexity index is 1470. The van der Waals surface area contributed by atoms with E-state index in [1.807, 2.05) is 0 Å². The minimum Gasteiger partial charge on any atom is -0.462 e. The first-order chi connectivity index (χ1) is 36.0. The number of carbonyl (C=O) groups excluding carboxylic acids is 2. The highest BCUT2D eigenvalue weighted by Gasteiger charge is 2.47. The van der Waals surface area contributed by atoms with Crippen LogP contribution in [0.2, 0.25) is 0 Å². The molecule has 0 bridgehead atoms. The average Bonchev–Trinajstić information content (AvgIpc) is 3.39. The summed E-state index contributed by atoms with van der Waals surface area (Å²) in [5, 5.41) is 72.3. The summed E-state index contributed by atoms with van der Waals surface area (Å²) >= 11 is 0. The monoisotopic (exact) mass is 1050 g/mol. The third kappa shape index (κ3) is 32.3. The molecule has 11 atom stereocenters. The molecule has 0 spiro atoms. The van der Waals surface area contributed by atoms with Gasteiger partial charge in [-0.15, -0.1) is 0 Å². The first-order valence-electron chi connectivity index (χ1n) is 29.2. The average molecular weight is 1050 g/mol. The Kier molecular flexibility index (Phi) is 41.5. The number of hydrogen-bond donors (Lipinski definition) is 7. The van der Waals surface area contributed by atoms with Gasteiger partial charge in [0.05, 0.1) is 19.8 Å². The van der Waals surface area contributed by atoms with Crippen LogP contribution in [0.15, 0.2) is 48.6 Å². The minimum atomic E-state index is -1.77. The van der Waals surface area contributed by atoms with Crippen LogP contribution in [0.1, 0.15) is 219 Å². The van der Waals surface area contributed by atoms with Crippen molar-refractivity contribution in [1.82, 2.24) is 0 Å². The highest BCUT2D eigenvalue weighted by atomic mass is 16.7. The smallest absolute Gasteiger partial charge is 0.306 e. The molecule has 74 heavy (non-hydrogen) atoms. The van der Waals surface area contributed by atoms with E-state index in [1.54, 1.807) is 0 Å². The second-order valence-corrected chi connectivity index (χ2v) is 20.5. The van der Waals surface area contributed by atoms with Gasteiger partial charge in [-0.2, -0.15) is 0 Å². The number of carbonyl (C=O) groups is 2. The summed E-state index contributed by atoms with van der Waals surface area (Å²) in [5.41, 5.74) is 0. The fourth-order valence-corrected chi connectivity index (χ4v) is 8.98. The summed E-state index contributed by atoms with van der Waals surface area (Å²) in [4.78, 5) is 25.9. The molecule has 0 aromatic heterocycles. The molecule has 0 amide bonds. The van der Waals surface area contributed by atoms with Crippen LogP contribution in [-0.2, 0) is 38.0 Å². The van der Waals surface area contributed by atoms with Crippen molar-refractivity contribution in [3.8, 4) is 0 Å². The predicted octanol–water partition coefficient (Wildman–Crippen LogP) is 9.83. The Hall–Kier alpha value is -2.54. The van der Waals surface area contributed by atoms with Crippen LogP contribution in [0.4, 0.5) is 0 Å². The number of esters is 2. The number of aliphatic hydroxyl groups is 7. The van der Waals surface area contributed by atoms with Crippen molar-refractivity contribution < 1.29 is 73.8 Å². The van der Waals surface area contributed by atoms with Crippen molar-refractivity contribution in [2.45, 2.75) is 287 Å². The van der Waals surface area contributed by atoms with Crippen LogP contribution < -0.4 is 0 Å². The lowest BCUT2D eigenvalue weighted by molar-refractivity contribution is -0.332. The summed E-state index contributed by atoms with van der Waals surface area (Å²) in [5.74, 6) is -0.937. The van der Waals surface area contributed by atoms with Crippen LogP contribution in [0.5, 0.6) is 0 Å². The fourth-order valence-electron chi connectivity index (χ4n) is 8.98. The van der Waals surface area contributed by atoms with Gasteiger partial charge in [-0.3, -0.25) is 9.59 Å². The summed E-state index contributed by atoms with van der Waals surface area (Å²) in [7, 11) is 0. The van der Waals surface area contributed by atoms with Gasteiger partial charge in [0.1, 0.15) is 55.4 Å². The van der Waals surface area contributed by atoms with Crippen molar-refractivity contribution in [1.29, 1.82) is 0 Å². The van der Waals surface area contributed by atoms with Crippen molar-refractivity contribution >= 4 is 11.9 Å². The number of allylic oxidation sites excluding steroid dienone is 8. The second-order valence-electron chi connectivity index (χ2n) is 20.5. The quantitative estimate of drug-likeness (QED) is 0.0171. The third-order valence-corrected chi connectivity index (χ3v) is 13.8. The number of ether oxygens (including phenoxy) is 6. The van der Waals surface area contributed by atoms with Crippen molar-refractivity contribution in [2.24, 2.45) is 0 Å². The molecule has 2 heterocycles. The molecule has 2 rings (SSSR count). The molecule has 0 aliphatic carbocycles. The van der Waals surface area contributed by atoms with E-state index in [0.717, 1.165) is 70.6 Å². The summed E-state index contributed by atoms with van der Waals surface area (Å²) in [6.07, 6.45) is 35.5. The molecule has 0 aromatic carbocycles. The van der Waals surface area contributed by atoms with E-state index in [0.29, 0.717) is 12.8 Å². The molecule has 430 valence electrons. The topological polar surface area (TPSA) is 231 Å². The Labute approximate surface area is 446 Å². The van der Waals surface area contributed by atoms with E-state index in [-0.39, 0.29) is 26.1 Å². The molecule has 7 N–H and O–H groups in total. The van der Waals surface area contributed by atoms with E-state index in [1.165, 1.54) is 109 Å². The highest BCUT2D eigenvalue weighted by Crippen LogP contribution is 2.27. The Balaban J connectivity index is 1.76. The fraction of sp³-hybridized carbons (Fsp3) is 0.831. The number of unbranched alkanes of at least 4 members (excludes halogenated alkanes) is 24. The zero-order chi connectivity index (χ0) is 53.9. The summed E-state index contributed by atoms with van der Waals surface area (Å²) in [6, 6.07) is 0. The van der Waals surface area contributed by atoms with Crippen LogP contribution in [0.3, 0.4) is 0 Å². The first-order valence-corrected chi connectivity index (χ1v) is 29.2. The summed E-state index contributed by atoms with van der Waals surface area (Å²) in [6.45, 7) is 2.57. The molecular formula is C59H104O15. The van der Waals surface area contributed by atoms with Crippen LogP contribution in [-0.4, -0.2) is 142 Å². The van der Waals surface area contributed by atoms with Crippen LogP contribution in [0, 0.1) is 0 Å². The standard InChI is InChI=1S/C59H104O15/c1-3-5-7-9-11-13-15-17-19-21-23-25-27-29-31-33-35-37-39-41-50(61)69-44-47(72-51(62)42-40-38-36-34-32-30-28-26-24-22-20-18-16-14-12-10-8-6-4-2)45-70-58-57(68)55(66)53(64)49(74-58)46-71-59-56(67)54(65)52(63)48(43-60)73-59/h12,14,17-20,24,26,47-49,52-60,63-68H,3-11,13,15-16,21-23,25,27-46H2,1-2H3/b14-12-,19-17-,20-18-,26-24-. The van der Waals surface area contributed by atoms with Gasteiger partial charge in [-0.25, -0.2) is 0 Å². The van der Waals surface area contributed by atoms with Gasteiger partial charge < -0.3 is 64.2 Å². The largest absolute Gasteiger partial charge is 0.462 e. The molecule has 2 aliphatic heterocycles. The van der Waals surface area contributed by atoms with Gasteiger partial charge in [-0.05, 0) is 77.0 Å². The molecule has 15 nitrogen and oxygen atoms in total. The van der Waals surface area contributed by atoms with Crippen molar-refractivity contribution in [3.05, 3.63) is 48.6 Å². The van der Waals surface area contributed by atoms with Gasteiger partial charge in [0.15, 0.2) is 18.7 Å². The second kappa shape index (κ2) is 45.5. The van der Waals surface area contributed by atoms with Crippen LogP contribution in [0.25, 0.3) is 0 Å². The minimum absolute atomic E-state index is 0.150.